The second-order valence-electron chi connectivity index (χ2n) is 4.96. The molecule has 5 heteroatoms. The van der Waals surface area contributed by atoms with Crippen LogP contribution in [0.3, 0.4) is 0 Å². The van der Waals surface area contributed by atoms with Crippen LogP contribution < -0.4 is 0 Å². The minimum Gasteiger partial charge on any atom is -0.387 e. The van der Waals surface area contributed by atoms with Crippen molar-refractivity contribution in [2.45, 2.75) is 24.7 Å². The zero-order valence-corrected chi connectivity index (χ0v) is 12.2. The molecule has 1 N–H and O–H groups in total. The molecule has 1 atom stereocenters. The first-order valence-electron chi connectivity index (χ1n) is 5.59. The molecular formula is C13H16O3S2. The molecule has 3 nitrogen and oxygen atoms in total. The molecule has 0 fully saturated rings. The van der Waals surface area contributed by atoms with E-state index in [1.165, 1.54) is 11.3 Å². The van der Waals surface area contributed by atoms with Crippen molar-refractivity contribution in [3.05, 3.63) is 35.2 Å². The molecule has 1 unspecified atom stereocenters. The van der Waals surface area contributed by atoms with Crippen molar-refractivity contribution >= 4 is 31.3 Å². The first-order chi connectivity index (χ1) is 8.25. The van der Waals surface area contributed by atoms with Crippen LogP contribution >= 0.6 is 11.3 Å². The van der Waals surface area contributed by atoms with Crippen molar-refractivity contribution < 1.29 is 13.5 Å². The van der Waals surface area contributed by atoms with Crippen LogP contribution in [0.2, 0.25) is 0 Å². The minimum absolute atomic E-state index is 0.679. The third-order valence-electron chi connectivity index (χ3n) is 3.42. The van der Waals surface area contributed by atoms with Crippen LogP contribution in [0.5, 0.6) is 0 Å². The monoisotopic (exact) mass is 284 g/mol. The number of benzene rings is 1. The predicted molar refractivity (Wildman–Crippen MR) is 75.7 cm³/mol. The third-order valence-corrected chi connectivity index (χ3v) is 6.53. The van der Waals surface area contributed by atoms with Crippen molar-refractivity contribution in [1.82, 2.24) is 0 Å². The van der Waals surface area contributed by atoms with Gasteiger partial charge in [-0.1, -0.05) is 18.2 Å². The molecule has 1 heterocycles. The number of rotatable bonds is 3. The highest BCUT2D eigenvalue weighted by molar-refractivity contribution is 7.92. The molecule has 0 radical (unpaired) electrons. The Morgan fingerprint density at radius 2 is 1.94 bits per heavy atom. The first-order valence-corrected chi connectivity index (χ1v) is 8.36. The van der Waals surface area contributed by atoms with Crippen molar-refractivity contribution in [2.24, 2.45) is 0 Å². The Balaban J connectivity index is 2.59. The summed E-state index contributed by atoms with van der Waals surface area (Å²) in [4.78, 5) is 0. The second kappa shape index (κ2) is 4.33. The van der Waals surface area contributed by atoms with E-state index in [2.05, 4.69) is 0 Å². The lowest BCUT2D eigenvalue weighted by atomic mass is 9.97. The van der Waals surface area contributed by atoms with E-state index < -0.39 is 20.7 Å². The largest absolute Gasteiger partial charge is 0.387 e. The molecule has 0 spiro atoms. The fourth-order valence-electron chi connectivity index (χ4n) is 1.81. The topological polar surface area (TPSA) is 54.4 Å². The number of thiophene rings is 1. The third kappa shape index (κ3) is 2.06. The Kier molecular flexibility index (Phi) is 3.25. The van der Waals surface area contributed by atoms with E-state index in [0.29, 0.717) is 5.56 Å². The van der Waals surface area contributed by atoms with Gasteiger partial charge in [0, 0.05) is 11.0 Å². The summed E-state index contributed by atoms with van der Waals surface area (Å²) < 4.78 is 23.3. The standard InChI is InChI=1S/C13H16O3S2/c1-13(2,18(3,15)16)12(14)10-6-4-5-9-7-8-17-11(9)10/h4-8,12,14H,1-3H3. The van der Waals surface area contributed by atoms with Crippen LogP contribution in [-0.2, 0) is 9.84 Å². The summed E-state index contributed by atoms with van der Waals surface area (Å²) in [7, 11) is -3.35. The maximum atomic E-state index is 11.8. The first kappa shape index (κ1) is 13.5. The molecular weight excluding hydrogens is 268 g/mol. The number of aliphatic hydroxyl groups is 1. The summed E-state index contributed by atoms with van der Waals surface area (Å²) in [5.41, 5.74) is 0.679. The summed E-state index contributed by atoms with van der Waals surface area (Å²) in [6.45, 7) is 3.11. The molecule has 2 rings (SSSR count). The molecule has 2 aromatic rings. The van der Waals surface area contributed by atoms with E-state index in [-0.39, 0.29) is 0 Å². The molecule has 0 saturated carbocycles. The zero-order valence-electron chi connectivity index (χ0n) is 10.5. The summed E-state index contributed by atoms with van der Waals surface area (Å²) in [6, 6.07) is 7.54. The molecule has 0 aliphatic heterocycles. The minimum atomic E-state index is -3.35. The molecule has 0 saturated heterocycles. The molecule has 0 bridgehead atoms. The van der Waals surface area contributed by atoms with Gasteiger partial charge in [0.15, 0.2) is 9.84 Å². The van der Waals surface area contributed by atoms with Gasteiger partial charge in [-0.05, 0) is 36.2 Å². The van der Waals surface area contributed by atoms with Gasteiger partial charge in [-0.15, -0.1) is 11.3 Å². The molecule has 0 aliphatic rings. The van der Waals surface area contributed by atoms with Crippen LogP contribution in [-0.4, -0.2) is 24.5 Å². The van der Waals surface area contributed by atoms with Crippen LogP contribution in [0, 0.1) is 0 Å². The maximum Gasteiger partial charge on any atom is 0.155 e. The summed E-state index contributed by atoms with van der Waals surface area (Å²) >= 11 is 1.51. The zero-order chi connectivity index (χ0) is 13.6. The molecule has 0 amide bonds. The van der Waals surface area contributed by atoms with E-state index in [4.69, 9.17) is 0 Å². The van der Waals surface area contributed by atoms with Crippen molar-refractivity contribution in [2.75, 3.05) is 6.26 Å². The maximum absolute atomic E-state index is 11.8. The molecule has 18 heavy (non-hydrogen) atoms. The average Bonchev–Trinajstić information content (AvgIpc) is 2.73. The molecule has 1 aromatic carbocycles. The number of sulfone groups is 1. The van der Waals surface area contributed by atoms with Crippen molar-refractivity contribution in [3.8, 4) is 0 Å². The highest BCUT2D eigenvalue weighted by Crippen LogP contribution is 2.37. The van der Waals surface area contributed by atoms with E-state index in [1.807, 2.05) is 23.6 Å². The summed E-state index contributed by atoms with van der Waals surface area (Å²) in [6.07, 6.45) is 0.125. The fourth-order valence-corrected chi connectivity index (χ4v) is 3.28. The highest BCUT2D eigenvalue weighted by Gasteiger charge is 2.39. The average molecular weight is 284 g/mol. The van der Waals surface area contributed by atoms with Gasteiger partial charge in [0.05, 0.1) is 10.9 Å². The van der Waals surface area contributed by atoms with E-state index in [0.717, 1.165) is 16.3 Å². The van der Waals surface area contributed by atoms with Crippen molar-refractivity contribution in [3.63, 3.8) is 0 Å². The van der Waals surface area contributed by atoms with Gasteiger partial charge < -0.3 is 5.11 Å². The lowest BCUT2D eigenvalue weighted by Crippen LogP contribution is -2.37. The van der Waals surface area contributed by atoms with Crippen LogP contribution in [0.25, 0.3) is 10.1 Å². The predicted octanol–water partition coefficient (Wildman–Crippen LogP) is 2.76. The Morgan fingerprint density at radius 3 is 2.56 bits per heavy atom. The van der Waals surface area contributed by atoms with Gasteiger partial charge >= 0.3 is 0 Å². The smallest absolute Gasteiger partial charge is 0.155 e. The molecule has 1 aromatic heterocycles. The Bertz CT molecular complexity index is 668. The lowest BCUT2D eigenvalue weighted by molar-refractivity contribution is 0.141. The fraction of sp³-hybridized carbons (Fsp3) is 0.385. The Hall–Kier alpha value is -0.910. The summed E-state index contributed by atoms with van der Waals surface area (Å²) in [5, 5.41) is 13.4. The highest BCUT2D eigenvalue weighted by atomic mass is 32.2. The van der Waals surface area contributed by atoms with E-state index in [1.54, 1.807) is 19.9 Å². The van der Waals surface area contributed by atoms with Gasteiger partial charge in [0.2, 0.25) is 0 Å². The number of hydrogen-bond acceptors (Lipinski definition) is 4. The van der Waals surface area contributed by atoms with Gasteiger partial charge in [0.25, 0.3) is 0 Å². The van der Waals surface area contributed by atoms with Crippen LogP contribution in [0.15, 0.2) is 29.6 Å². The number of fused-ring (bicyclic) bond motifs is 1. The van der Waals surface area contributed by atoms with E-state index >= 15 is 0 Å². The normalized spacial score (nSPS) is 14.9. The van der Waals surface area contributed by atoms with Crippen molar-refractivity contribution in [1.29, 1.82) is 0 Å². The van der Waals surface area contributed by atoms with Crippen LogP contribution in [0.4, 0.5) is 0 Å². The van der Waals surface area contributed by atoms with Crippen LogP contribution in [0.1, 0.15) is 25.5 Å². The molecule has 0 aliphatic carbocycles. The van der Waals surface area contributed by atoms with Gasteiger partial charge in [-0.3, -0.25) is 0 Å². The molecule has 98 valence electrons. The second-order valence-corrected chi connectivity index (χ2v) is 8.48. The van der Waals surface area contributed by atoms with Gasteiger partial charge in [-0.25, -0.2) is 8.42 Å². The van der Waals surface area contributed by atoms with E-state index in [9.17, 15) is 13.5 Å². The number of aliphatic hydroxyl groups excluding tert-OH is 1. The number of hydrogen-bond donors (Lipinski definition) is 1. The Labute approximate surface area is 111 Å². The quantitative estimate of drug-likeness (QED) is 0.943. The SMILES string of the molecule is CC(C)(C(O)c1cccc2ccsc12)S(C)(=O)=O. The van der Waals surface area contributed by atoms with Gasteiger partial charge in [-0.2, -0.15) is 0 Å². The lowest BCUT2D eigenvalue weighted by Gasteiger charge is -2.29. The Morgan fingerprint density at radius 1 is 1.28 bits per heavy atom. The summed E-state index contributed by atoms with van der Waals surface area (Å²) in [5.74, 6) is 0. The van der Waals surface area contributed by atoms with Gasteiger partial charge in [0.1, 0.15) is 0 Å².